The molecule has 2 amide bonds. The molecule has 2 rings (SSSR count). The van der Waals surface area contributed by atoms with E-state index in [4.69, 9.17) is 11.6 Å². The summed E-state index contributed by atoms with van der Waals surface area (Å²) >= 11 is 5.94. The summed E-state index contributed by atoms with van der Waals surface area (Å²) in [5.41, 5.74) is 0. The Morgan fingerprint density at radius 3 is 2.18 bits per heavy atom. The van der Waals surface area contributed by atoms with Gasteiger partial charge in [0, 0.05) is 32.1 Å². The lowest BCUT2D eigenvalue weighted by molar-refractivity contribution is -0.140. The van der Waals surface area contributed by atoms with Gasteiger partial charge in [0.05, 0.1) is 0 Å². The van der Waals surface area contributed by atoms with E-state index in [0.29, 0.717) is 32.6 Å². The first-order valence-electron chi connectivity index (χ1n) is 6.35. The average Bonchev–Trinajstić information content (AvgIpc) is 3.20. The summed E-state index contributed by atoms with van der Waals surface area (Å²) in [4.78, 5) is 27.3. The molecule has 0 radical (unpaired) electrons. The number of nitrogens with zero attached hydrogens (tertiary/aromatic N) is 2. The van der Waals surface area contributed by atoms with E-state index in [1.54, 1.807) is 4.90 Å². The highest BCUT2D eigenvalue weighted by Gasteiger charge is 2.35. The fraction of sp³-hybridized carbons (Fsp3) is 0.833. The van der Waals surface area contributed by atoms with Crippen molar-refractivity contribution in [2.24, 2.45) is 5.92 Å². The molecule has 2 aliphatic rings. The molecule has 96 valence electrons. The molecule has 0 aromatic heterocycles. The second kappa shape index (κ2) is 5.25. The van der Waals surface area contributed by atoms with Gasteiger partial charge in [-0.1, -0.05) is 6.92 Å². The molecule has 0 aromatic carbocycles. The SMILES string of the molecule is CC[C@@H](Cl)C(=O)N1CCN(C(=O)C2CC2)CC1. The van der Waals surface area contributed by atoms with Gasteiger partial charge in [-0.05, 0) is 19.3 Å². The van der Waals surface area contributed by atoms with Crippen molar-refractivity contribution in [1.82, 2.24) is 9.80 Å². The van der Waals surface area contributed by atoms with Crippen molar-refractivity contribution in [2.45, 2.75) is 31.6 Å². The Labute approximate surface area is 107 Å². The van der Waals surface area contributed by atoms with Crippen LogP contribution in [0.3, 0.4) is 0 Å². The first-order chi connectivity index (χ1) is 8.13. The molecule has 1 aliphatic carbocycles. The van der Waals surface area contributed by atoms with E-state index in [1.165, 1.54) is 0 Å². The van der Waals surface area contributed by atoms with Crippen LogP contribution in [0.15, 0.2) is 0 Å². The molecule has 2 fully saturated rings. The Morgan fingerprint density at radius 1 is 1.18 bits per heavy atom. The van der Waals surface area contributed by atoms with Gasteiger partial charge in [-0.2, -0.15) is 0 Å². The van der Waals surface area contributed by atoms with Crippen molar-refractivity contribution in [3.05, 3.63) is 0 Å². The van der Waals surface area contributed by atoms with Gasteiger partial charge in [0.1, 0.15) is 5.38 Å². The molecule has 0 aromatic rings. The van der Waals surface area contributed by atoms with Crippen LogP contribution in [0.25, 0.3) is 0 Å². The lowest BCUT2D eigenvalue weighted by Crippen LogP contribution is -2.52. The monoisotopic (exact) mass is 258 g/mol. The standard InChI is InChI=1S/C12H19ClN2O2/c1-2-10(13)12(17)15-7-5-14(6-8-15)11(16)9-3-4-9/h9-10H,2-8H2,1H3/t10-/m1/s1. The van der Waals surface area contributed by atoms with Crippen LogP contribution in [-0.4, -0.2) is 53.2 Å². The van der Waals surface area contributed by atoms with E-state index < -0.39 is 5.38 Å². The summed E-state index contributed by atoms with van der Waals surface area (Å²) in [7, 11) is 0. The van der Waals surface area contributed by atoms with E-state index in [0.717, 1.165) is 12.8 Å². The van der Waals surface area contributed by atoms with Gasteiger partial charge < -0.3 is 9.80 Å². The van der Waals surface area contributed by atoms with Gasteiger partial charge in [-0.25, -0.2) is 0 Å². The Balaban J connectivity index is 1.81. The molecule has 1 atom stereocenters. The number of carbonyl (C=O) groups excluding carboxylic acids is 2. The molecule has 0 unspecified atom stereocenters. The van der Waals surface area contributed by atoms with Crippen LogP contribution in [0.4, 0.5) is 0 Å². The van der Waals surface area contributed by atoms with E-state index in [9.17, 15) is 9.59 Å². The molecular formula is C12H19ClN2O2. The molecule has 4 nitrogen and oxygen atoms in total. The van der Waals surface area contributed by atoms with Gasteiger partial charge >= 0.3 is 0 Å². The predicted octanol–water partition coefficient (Wildman–Crippen LogP) is 1.08. The summed E-state index contributed by atoms with van der Waals surface area (Å²) in [5, 5.41) is -0.416. The summed E-state index contributed by atoms with van der Waals surface area (Å²) < 4.78 is 0. The second-order valence-corrected chi connectivity index (χ2v) is 5.33. The van der Waals surface area contributed by atoms with Crippen LogP contribution < -0.4 is 0 Å². The molecule has 1 saturated heterocycles. The zero-order valence-electron chi connectivity index (χ0n) is 10.2. The smallest absolute Gasteiger partial charge is 0.240 e. The third-order valence-electron chi connectivity index (χ3n) is 3.46. The van der Waals surface area contributed by atoms with Gasteiger partial charge in [-0.3, -0.25) is 9.59 Å². The van der Waals surface area contributed by atoms with Crippen LogP contribution >= 0.6 is 11.6 Å². The van der Waals surface area contributed by atoms with Crippen LogP contribution in [0.5, 0.6) is 0 Å². The minimum Gasteiger partial charge on any atom is -0.339 e. The number of piperazine rings is 1. The number of amides is 2. The Kier molecular flexibility index (Phi) is 3.92. The van der Waals surface area contributed by atoms with Crippen LogP contribution in [0, 0.1) is 5.92 Å². The van der Waals surface area contributed by atoms with E-state index >= 15 is 0 Å². The van der Waals surface area contributed by atoms with Gasteiger partial charge in [0.15, 0.2) is 0 Å². The zero-order valence-corrected chi connectivity index (χ0v) is 10.9. The third kappa shape index (κ3) is 2.92. The largest absolute Gasteiger partial charge is 0.339 e. The summed E-state index contributed by atoms with van der Waals surface area (Å²) in [6.07, 6.45) is 2.73. The number of halogens is 1. The Morgan fingerprint density at radius 2 is 1.71 bits per heavy atom. The van der Waals surface area contributed by atoms with E-state index in [2.05, 4.69) is 0 Å². The maximum atomic E-state index is 11.8. The molecule has 5 heteroatoms. The van der Waals surface area contributed by atoms with Crippen molar-refractivity contribution in [2.75, 3.05) is 26.2 Å². The lowest BCUT2D eigenvalue weighted by Gasteiger charge is -2.35. The van der Waals surface area contributed by atoms with Crippen molar-refractivity contribution in [3.8, 4) is 0 Å². The van der Waals surface area contributed by atoms with Crippen LogP contribution in [-0.2, 0) is 9.59 Å². The molecular weight excluding hydrogens is 240 g/mol. The minimum absolute atomic E-state index is 0.00712. The summed E-state index contributed by atoms with van der Waals surface area (Å²) in [6.45, 7) is 4.48. The quantitative estimate of drug-likeness (QED) is 0.711. The fourth-order valence-electron chi connectivity index (χ4n) is 2.11. The first-order valence-corrected chi connectivity index (χ1v) is 6.78. The number of rotatable bonds is 3. The minimum atomic E-state index is -0.416. The maximum Gasteiger partial charge on any atom is 0.240 e. The first kappa shape index (κ1) is 12.7. The summed E-state index contributed by atoms with van der Waals surface area (Å²) in [5.74, 6) is 0.552. The van der Waals surface area contributed by atoms with Crippen LogP contribution in [0.1, 0.15) is 26.2 Å². The molecule has 1 saturated carbocycles. The van der Waals surface area contributed by atoms with Crippen molar-refractivity contribution >= 4 is 23.4 Å². The Hall–Kier alpha value is -0.770. The van der Waals surface area contributed by atoms with Crippen molar-refractivity contribution in [1.29, 1.82) is 0 Å². The predicted molar refractivity (Wildman–Crippen MR) is 65.8 cm³/mol. The van der Waals surface area contributed by atoms with Gasteiger partial charge in [0.25, 0.3) is 0 Å². The molecule has 17 heavy (non-hydrogen) atoms. The second-order valence-electron chi connectivity index (χ2n) is 4.80. The normalized spacial score (nSPS) is 22.5. The molecule has 1 heterocycles. The Bertz CT molecular complexity index is 310. The highest BCUT2D eigenvalue weighted by atomic mass is 35.5. The maximum absolute atomic E-state index is 11.8. The van der Waals surface area contributed by atoms with Crippen molar-refractivity contribution in [3.63, 3.8) is 0 Å². The number of alkyl halides is 1. The molecule has 0 bridgehead atoms. The van der Waals surface area contributed by atoms with E-state index in [-0.39, 0.29) is 17.7 Å². The number of hydrogen-bond acceptors (Lipinski definition) is 2. The highest BCUT2D eigenvalue weighted by molar-refractivity contribution is 6.30. The zero-order chi connectivity index (χ0) is 12.4. The third-order valence-corrected chi connectivity index (χ3v) is 3.95. The lowest BCUT2D eigenvalue weighted by atomic mass is 10.2. The number of hydrogen-bond donors (Lipinski definition) is 0. The number of carbonyl (C=O) groups is 2. The molecule has 1 aliphatic heterocycles. The fourth-order valence-corrected chi connectivity index (χ4v) is 2.25. The van der Waals surface area contributed by atoms with Gasteiger partial charge in [0.2, 0.25) is 11.8 Å². The average molecular weight is 259 g/mol. The van der Waals surface area contributed by atoms with Gasteiger partial charge in [-0.15, -0.1) is 11.6 Å². The van der Waals surface area contributed by atoms with Crippen LogP contribution in [0.2, 0.25) is 0 Å². The summed E-state index contributed by atoms with van der Waals surface area (Å²) in [6, 6.07) is 0. The highest BCUT2D eigenvalue weighted by Crippen LogP contribution is 2.31. The molecule has 0 N–H and O–H groups in total. The van der Waals surface area contributed by atoms with E-state index in [1.807, 2.05) is 11.8 Å². The van der Waals surface area contributed by atoms with Crippen molar-refractivity contribution < 1.29 is 9.59 Å². The topological polar surface area (TPSA) is 40.6 Å². The molecule has 0 spiro atoms.